The van der Waals surface area contributed by atoms with Crippen LogP contribution in [0.1, 0.15) is 48.7 Å². The van der Waals surface area contributed by atoms with E-state index in [2.05, 4.69) is 11.9 Å². The van der Waals surface area contributed by atoms with E-state index in [9.17, 15) is 4.79 Å². The van der Waals surface area contributed by atoms with Gasteiger partial charge < -0.3 is 9.84 Å². The summed E-state index contributed by atoms with van der Waals surface area (Å²) in [5.41, 5.74) is 0.923. The fourth-order valence-electron chi connectivity index (χ4n) is 2.71. The van der Waals surface area contributed by atoms with E-state index in [0.717, 1.165) is 18.0 Å². The lowest BCUT2D eigenvalue weighted by Crippen LogP contribution is -2.20. The molecule has 19 heavy (non-hydrogen) atoms. The molecular formula is C15H21NO3. The van der Waals surface area contributed by atoms with Gasteiger partial charge in [0.15, 0.2) is 0 Å². The third-order valence-corrected chi connectivity index (χ3v) is 3.73. The molecule has 4 heteroatoms. The topological polar surface area (TPSA) is 59.4 Å². The van der Waals surface area contributed by atoms with Crippen LogP contribution in [0.25, 0.3) is 0 Å². The summed E-state index contributed by atoms with van der Waals surface area (Å²) in [5, 5.41) is 9.12. The van der Waals surface area contributed by atoms with Crippen molar-refractivity contribution in [2.24, 2.45) is 11.8 Å². The average Bonchev–Trinajstić information content (AvgIpc) is 2.36. The zero-order chi connectivity index (χ0) is 13.8. The molecule has 0 bridgehead atoms. The molecule has 0 aliphatic heterocycles. The molecule has 0 saturated heterocycles. The molecule has 1 aromatic rings. The highest BCUT2D eigenvalue weighted by molar-refractivity contribution is 5.90. The van der Waals surface area contributed by atoms with Gasteiger partial charge in [-0.25, -0.2) is 9.78 Å². The lowest BCUT2D eigenvalue weighted by atomic mass is 9.83. The molecule has 1 N–H and O–H groups in total. The van der Waals surface area contributed by atoms with E-state index in [1.165, 1.54) is 19.3 Å². The maximum Gasteiger partial charge on any atom is 0.341 e. The summed E-state index contributed by atoms with van der Waals surface area (Å²) in [5.74, 6) is 0.532. The predicted molar refractivity (Wildman–Crippen MR) is 72.6 cm³/mol. The van der Waals surface area contributed by atoms with E-state index >= 15 is 0 Å². The second-order valence-electron chi connectivity index (χ2n) is 5.56. The number of carbonyl (C=O) groups is 1. The molecule has 1 aliphatic rings. The molecule has 0 aromatic carbocycles. The predicted octanol–water partition coefficient (Wildman–Crippen LogP) is 3.29. The van der Waals surface area contributed by atoms with Crippen LogP contribution in [0.3, 0.4) is 0 Å². The number of ether oxygens (including phenoxy) is 1. The first-order valence-electron chi connectivity index (χ1n) is 6.90. The number of aryl methyl sites for hydroxylation is 1. The van der Waals surface area contributed by atoms with Crippen LogP contribution < -0.4 is 4.74 Å². The lowest BCUT2D eigenvalue weighted by molar-refractivity contribution is 0.0688. The maximum atomic E-state index is 11.1. The Morgan fingerprint density at radius 2 is 2.26 bits per heavy atom. The number of carboxylic acid groups (broad SMARTS) is 1. The van der Waals surface area contributed by atoms with E-state index in [1.54, 1.807) is 12.1 Å². The first-order chi connectivity index (χ1) is 9.06. The first-order valence-corrected chi connectivity index (χ1v) is 6.90. The molecule has 1 saturated carbocycles. The van der Waals surface area contributed by atoms with Crippen LogP contribution in [0.4, 0.5) is 0 Å². The third-order valence-electron chi connectivity index (χ3n) is 3.73. The molecule has 0 amide bonds. The van der Waals surface area contributed by atoms with Crippen LogP contribution in [0.2, 0.25) is 0 Å². The molecule has 2 atom stereocenters. The molecule has 0 radical (unpaired) electrons. The maximum absolute atomic E-state index is 11.1. The summed E-state index contributed by atoms with van der Waals surface area (Å²) in [6.07, 6.45) is 4.86. The number of aromatic carboxylic acids is 1. The van der Waals surface area contributed by atoms with Gasteiger partial charge in [0, 0.05) is 5.69 Å². The van der Waals surface area contributed by atoms with Gasteiger partial charge >= 0.3 is 5.97 Å². The Bertz CT molecular complexity index is 459. The molecule has 1 aromatic heterocycles. The molecule has 104 valence electrons. The minimum absolute atomic E-state index is 0.148. The quantitative estimate of drug-likeness (QED) is 0.905. The summed E-state index contributed by atoms with van der Waals surface area (Å²) < 4.78 is 5.68. The van der Waals surface area contributed by atoms with Gasteiger partial charge in [-0.15, -0.1) is 0 Å². The molecule has 0 spiro atoms. The Hall–Kier alpha value is -1.58. The molecule has 1 heterocycles. The van der Waals surface area contributed by atoms with Crippen molar-refractivity contribution in [3.8, 4) is 5.88 Å². The fraction of sp³-hybridized carbons (Fsp3) is 0.600. The Morgan fingerprint density at radius 1 is 1.47 bits per heavy atom. The minimum atomic E-state index is -0.987. The van der Waals surface area contributed by atoms with Crippen molar-refractivity contribution in [2.75, 3.05) is 6.61 Å². The van der Waals surface area contributed by atoms with Crippen molar-refractivity contribution in [3.05, 3.63) is 23.4 Å². The van der Waals surface area contributed by atoms with Crippen LogP contribution in [0.15, 0.2) is 12.1 Å². The molecule has 4 nitrogen and oxygen atoms in total. The SMILES string of the molecule is Cc1ccc(C(=O)O)c(OCC2CCCC(C)C2)n1. The number of hydrogen-bond donors (Lipinski definition) is 1. The van der Waals surface area contributed by atoms with Crippen molar-refractivity contribution in [2.45, 2.75) is 39.5 Å². The molecule has 1 fully saturated rings. The van der Waals surface area contributed by atoms with Gasteiger partial charge in [-0.1, -0.05) is 19.8 Å². The highest BCUT2D eigenvalue weighted by Crippen LogP contribution is 2.29. The number of carboxylic acids is 1. The zero-order valence-electron chi connectivity index (χ0n) is 11.6. The number of hydrogen-bond acceptors (Lipinski definition) is 3. The van der Waals surface area contributed by atoms with Crippen LogP contribution in [-0.4, -0.2) is 22.7 Å². The lowest BCUT2D eigenvalue weighted by Gasteiger charge is -2.26. The number of pyridine rings is 1. The summed E-state index contributed by atoms with van der Waals surface area (Å²) in [7, 11) is 0. The first kappa shape index (κ1) is 13.8. The van der Waals surface area contributed by atoms with Gasteiger partial charge in [0.1, 0.15) is 5.56 Å². The van der Waals surface area contributed by atoms with E-state index in [1.807, 2.05) is 6.92 Å². The van der Waals surface area contributed by atoms with Gasteiger partial charge in [0.2, 0.25) is 5.88 Å². The van der Waals surface area contributed by atoms with Crippen molar-refractivity contribution in [1.29, 1.82) is 0 Å². The Morgan fingerprint density at radius 3 is 2.95 bits per heavy atom. The van der Waals surface area contributed by atoms with Gasteiger partial charge in [0.25, 0.3) is 0 Å². The molecule has 2 rings (SSSR count). The van der Waals surface area contributed by atoms with Gasteiger partial charge in [0.05, 0.1) is 6.61 Å². The van der Waals surface area contributed by atoms with Crippen molar-refractivity contribution in [1.82, 2.24) is 4.98 Å². The monoisotopic (exact) mass is 263 g/mol. The number of aromatic nitrogens is 1. The van der Waals surface area contributed by atoms with Crippen molar-refractivity contribution < 1.29 is 14.6 Å². The fourth-order valence-corrected chi connectivity index (χ4v) is 2.71. The standard InChI is InChI=1S/C15H21NO3/c1-10-4-3-5-12(8-10)9-19-14-13(15(17)18)7-6-11(2)16-14/h6-7,10,12H,3-5,8-9H2,1-2H3,(H,17,18). The smallest absolute Gasteiger partial charge is 0.341 e. The number of rotatable bonds is 4. The van der Waals surface area contributed by atoms with Gasteiger partial charge in [-0.3, -0.25) is 0 Å². The summed E-state index contributed by atoms with van der Waals surface area (Å²) in [4.78, 5) is 15.3. The van der Waals surface area contributed by atoms with Crippen LogP contribution in [-0.2, 0) is 0 Å². The van der Waals surface area contributed by atoms with E-state index in [0.29, 0.717) is 12.5 Å². The van der Waals surface area contributed by atoms with Crippen LogP contribution in [0.5, 0.6) is 5.88 Å². The molecule has 1 aliphatic carbocycles. The summed E-state index contributed by atoms with van der Waals surface area (Å²) in [6.45, 7) is 4.67. The normalized spacial score (nSPS) is 23.1. The van der Waals surface area contributed by atoms with Crippen molar-refractivity contribution in [3.63, 3.8) is 0 Å². The second kappa shape index (κ2) is 6.04. The minimum Gasteiger partial charge on any atom is -0.477 e. The van der Waals surface area contributed by atoms with E-state index in [-0.39, 0.29) is 11.4 Å². The van der Waals surface area contributed by atoms with Gasteiger partial charge in [-0.05, 0) is 43.7 Å². The van der Waals surface area contributed by atoms with Crippen LogP contribution in [0, 0.1) is 18.8 Å². The average molecular weight is 263 g/mol. The molecular weight excluding hydrogens is 242 g/mol. The summed E-state index contributed by atoms with van der Waals surface area (Å²) in [6, 6.07) is 3.25. The number of nitrogens with zero attached hydrogens (tertiary/aromatic N) is 1. The third kappa shape index (κ3) is 3.69. The Balaban J connectivity index is 2.02. The second-order valence-corrected chi connectivity index (χ2v) is 5.56. The Kier molecular flexibility index (Phi) is 4.40. The van der Waals surface area contributed by atoms with E-state index in [4.69, 9.17) is 9.84 Å². The highest BCUT2D eigenvalue weighted by Gasteiger charge is 2.21. The van der Waals surface area contributed by atoms with Gasteiger partial charge in [-0.2, -0.15) is 0 Å². The van der Waals surface area contributed by atoms with Crippen LogP contribution >= 0.6 is 0 Å². The molecule has 2 unspecified atom stereocenters. The highest BCUT2D eigenvalue weighted by atomic mass is 16.5. The largest absolute Gasteiger partial charge is 0.477 e. The van der Waals surface area contributed by atoms with E-state index < -0.39 is 5.97 Å². The zero-order valence-corrected chi connectivity index (χ0v) is 11.6. The Labute approximate surface area is 113 Å². The van der Waals surface area contributed by atoms with Crippen molar-refractivity contribution >= 4 is 5.97 Å². The summed E-state index contributed by atoms with van der Waals surface area (Å²) >= 11 is 0.